The van der Waals surface area contributed by atoms with Crippen molar-refractivity contribution in [1.29, 1.82) is 0 Å². The molecule has 2 heteroatoms. The number of aliphatic hydroxyl groups is 1. The van der Waals surface area contributed by atoms with Crippen LogP contribution in [0.2, 0.25) is 0 Å². The molecule has 1 saturated carbocycles. The van der Waals surface area contributed by atoms with Crippen molar-refractivity contribution in [3.63, 3.8) is 0 Å². The van der Waals surface area contributed by atoms with Gasteiger partial charge in [0.1, 0.15) is 5.78 Å². The van der Waals surface area contributed by atoms with Crippen molar-refractivity contribution >= 4 is 5.78 Å². The number of ketones is 1. The average Bonchev–Trinajstić information content (AvgIpc) is 2.27. The van der Waals surface area contributed by atoms with Crippen LogP contribution in [0.5, 0.6) is 0 Å². The number of Topliss-reactive ketones (excluding diaryl/α,β-unsaturated/α-hetero) is 1. The number of rotatable bonds is 1. The quantitative estimate of drug-likeness (QED) is 0.786. The molecule has 0 atom stereocenters. The highest BCUT2D eigenvalue weighted by Gasteiger charge is 2.35. The minimum absolute atomic E-state index is 0.273. The Morgan fingerprint density at radius 3 is 2.44 bits per heavy atom. The molecule has 1 N–H and O–H groups in total. The van der Waals surface area contributed by atoms with Crippen molar-refractivity contribution in [2.24, 2.45) is 0 Å². The van der Waals surface area contributed by atoms with Crippen LogP contribution in [-0.2, 0) is 10.4 Å². The Morgan fingerprint density at radius 1 is 1.19 bits per heavy atom. The zero-order chi connectivity index (χ0) is 11.8. The highest BCUT2D eigenvalue weighted by atomic mass is 16.3. The molecule has 16 heavy (non-hydrogen) atoms. The van der Waals surface area contributed by atoms with Gasteiger partial charge in [-0.2, -0.15) is 0 Å². The third-order valence-corrected chi connectivity index (χ3v) is 3.74. The van der Waals surface area contributed by atoms with Gasteiger partial charge in [-0.15, -0.1) is 0 Å². The van der Waals surface area contributed by atoms with Gasteiger partial charge in [-0.1, -0.05) is 18.2 Å². The molecule has 0 amide bonds. The average molecular weight is 218 g/mol. The predicted molar refractivity (Wildman–Crippen MR) is 63.3 cm³/mol. The van der Waals surface area contributed by atoms with E-state index in [1.165, 1.54) is 5.56 Å². The Hall–Kier alpha value is -1.15. The lowest BCUT2D eigenvalue weighted by atomic mass is 9.77. The van der Waals surface area contributed by atoms with E-state index in [0.717, 1.165) is 11.1 Å². The van der Waals surface area contributed by atoms with E-state index in [4.69, 9.17) is 0 Å². The monoisotopic (exact) mass is 218 g/mol. The second kappa shape index (κ2) is 4.02. The maximum atomic E-state index is 11.2. The van der Waals surface area contributed by atoms with Crippen molar-refractivity contribution < 1.29 is 9.90 Å². The van der Waals surface area contributed by atoms with Crippen LogP contribution in [0.4, 0.5) is 0 Å². The smallest absolute Gasteiger partial charge is 0.133 e. The molecule has 0 bridgehead atoms. The fourth-order valence-corrected chi connectivity index (χ4v) is 2.47. The largest absolute Gasteiger partial charge is 0.385 e. The first-order chi connectivity index (χ1) is 7.53. The summed E-state index contributed by atoms with van der Waals surface area (Å²) in [6, 6.07) is 6.01. The number of benzene rings is 1. The zero-order valence-electron chi connectivity index (χ0n) is 9.92. The summed E-state index contributed by atoms with van der Waals surface area (Å²) >= 11 is 0. The molecule has 1 aromatic rings. The SMILES string of the molecule is Cc1cccc(C2(O)CCC(=O)CC2)c1C. The summed E-state index contributed by atoms with van der Waals surface area (Å²) in [5, 5.41) is 10.6. The van der Waals surface area contributed by atoms with Gasteiger partial charge < -0.3 is 5.11 Å². The summed E-state index contributed by atoms with van der Waals surface area (Å²) in [7, 11) is 0. The van der Waals surface area contributed by atoms with Crippen LogP contribution >= 0.6 is 0 Å². The maximum Gasteiger partial charge on any atom is 0.133 e. The lowest BCUT2D eigenvalue weighted by molar-refractivity contribution is -0.125. The molecule has 0 unspecified atom stereocenters. The van der Waals surface area contributed by atoms with E-state index < -0.39 is 5.60 Å². The molecule has 86 valence electrons. The van der Waals surface area contributed by atoms with E-state index in [-0.39, 0.29) is 5.78 Å². The standard InChI is InChI=1S/C14H18O2/c1-10-4-3-5-13(11(10)2)14(16)8-6-12(15)7-9-14/h3-5,16H,6-9H2,1-2H3. The highest BCUT2D eigenvalue weighted by molar-refractivity contribution is 5.79. The van der Waals surface area contributed by atoms with Gasteiger partial charge >= 0.3 is 0 Å². The van der Waals surface area contributed by atoms with E-state index in [2.05, 4.69) is 13.0 Å². The molecule has 1 fully saturated rings. The molecule has 0 aliphatic heterocycles. The summed E-state index contributed by atoms with van der Waals surface area (Å²) in [6.45, 7) is 4.09. The number of carbonyl (C=O) groups is 1. The van der Waals surface area contributed by atoms with Crippen LogP contribution in [0.1, 0.15) is 42.4 Å². The number of carbonyl (C=O) groups excluding carboxylic acids is 1. The van der Waals surface area contributed by atoms with Gasteiger partial charge in [0.25, 0.3) is 0 Å². The summed E-state index contributed by atoms with van der Waals surface area (Å²) in [5.74, 6) is 0.273. The van der Waals surface area contributed by atoms with Crippen LogP contribution in [0, 0.1) is 13.8 Å². The third-order valence-electron chi connectivity index (χ3n) is 3.74. The first-order valence-corrected chi connectivity index (χ1v) is 5.84. The van der Waals surface area contributed by atoms with Crippen molar-refractivity contribution in [2.45, 2.75) is 45.1 Å². The summed E-state index contributed by atoms with van der Waals surface area (Å²) in [4.78, 5) is 11.2. The lowest BCUT2D eigenvalue weighted by Gasteiger charge is -2.33. The van der Waals surface area contributed by atoms with Crippen molar-refractivity contribution in [3.8, 4) is 0 Å². The zero-order valence-corrected chi connectivity index (χ0v) is 9.92. The molecule has 0 spiro atoms. The van der Waals surface area contributed by atoms with E-state index >= 15 is 0 Å². The van der Waals surface area contributed by atoms with E-state index in [9.17, 15) is 9.90 Å². The Bertz CT molecular complexity index is 411. The fourth-order valence-electron chi connectivity index (χ4n) is 2.47. The Labute approximate surface area is 96.3 Å². The summed E-state index contributed by atoms with van der Waals surface area (Å²) in [6.07, 6.45) is 2.14. The fraction of sp³-hybridized carbons (Fsp3) is 0.500. The molecular formula is C14H18O2. The first kappa shape index (κ1) is 11.3. The van der Waals surface area contributed by atoms with Crippen LogP contribution < -0.4 is 0 Å². The van der Waals surface area contributed by atoms with Crippen LogP contribution in [0.25, 0.3) is 0 Å². The number of hydrogen-bond donors (Lipinski definition) is 1. The Kier molecular flexibility index (Phi) is 2.85. The van der Waals surface area contributed by atoms with Gasteiger partial charge in [0.15, 0.2) is 0 Å². The molecule has 2 rings (SSSR count). The first-order valence-electron chi connectivity index (χ1n) is 5.84. The predicted octanol–water partition coefficient (Wildman–Crippen LogP) is 2.63. The van der Waals surface area contributed by atoms with Gasteiger partial charge in [0.2, 0.25) is 0 Å². The molecule has 0 saturated heterocycles. The minimum Gasteiger partial charge on any atom is -0.385 e. The molecule has 0 radical (unpaired) electrons. The Morgan fingerprint density at radius 2 is 1.81 bits per heavy atom. The normalized spacial score (nSPS) is 19.8. The molecular weight excluding hydrogens is 200 g/mol. The molecule has 2 nitrogen and oxygen atoms in total. The molecule has 0 aromatic heterocycles. The summed E-state index contributed by atoms with van der Waals surface area (Å²) in [5.41, 5.74) is 2.56. The van der Waals surface area contributed by atoms with Crippen LogP contribution in [0.3, 0.4) is 0 Å². The van der Waals surface area contributed by atoms with Crippen molar-refractivity contribution in [3.05, 3.63) is 34.9 Å². The second-order valence-corrected chi connectivity index (χ2v) is 4.82. The minimum atomic E-state index is -0.788. The topological polar surface area (TPSA) is 37.3 Å². The number of aryl methyl sites for hydroxylation is 1. The molecule has 0 heterocycles. The summed E-state index contributed by atoms with van der Waals surface area (Å²) < 4.78 is 0. The molecule has 1 aliphatic rings. The van der Waals surface area contributed by atoms with Crippen LogP contribution in [-0.4, -0.2) is 10.9 Å². The van der Waals surface area contributed by atoms with Gasteiger partial charge in [-0.25, -0.2) is 0 Å². The van der Waals surface area contributed by atoms with Crippen molar-refractivity contribution in [2.75, 3.05) is 0 Å². The lowest BCUT2D eigenvalue weighted by Crippen LogP contribution is -2.32. The van der Waals surface area contributed by atoms with Gasteiger partial charge in [-0.05, 0) is 43.4 Å². The molecule has 1 aliphatic carbocycles. The second-order valence-electron chi connectivity index (χ2n) is 4.82. The van der Waals surface area contributed by atoms with E-state index in [1.807, 2.05) is 19.1 Å². The van der Waals surface area contributed by atoms with Gasteiger partial charge in [-0.3, -0.25) is 4.79 Å². The van der Waals surface area contributed by atoms with Gasteiger partial charge in [0.05, 0.1) is 5.60 Å². The highest BCUT2D eigenvalue weighted by Crippen LogP contribution is 2.37. The number of hydrogen-bond acceptors (Lipinski definition) is 2. The maximum absolute atomic E-state index is 11.2. The van der Waals surface area contributed by atoms with Crippen LogP contribution in [0.15, 0.2) is 18.2 Å². The van der Waals surface area contributed by atoms with Gasteiger partial charge in [0, 0.05) is 12.8 Å². The third kappa shape index (κ3) is 1.90. The Balaban J connectivity index is 2.36. The molecule has 1 aromatic carbocycles. The van der Waals surface area contributed by atoms with E-state index in [1.54, 1.807) is 0 Å². The van der Waals surface area contributed by atoms with E-state index in [0.29, 0.717) is 25.7 Å². The van der Waals surface area contributed by atoms with Crippen molar-refractivity contribution in [1.82, 2.24) is 0 Å².